The molecule has 19 heavy (non-hydrogen) atoms. The van der Waals surface area contributed by atoms with Gasteiger partial charge in [-0.2, -0.15) is 0 Å². The lowest BCUT2D eigenvalue weighted by Crippen LogP contribution is -2.39. The summed E-state index contributed by atoms with van der Waals surface area (Å²) in [6.45, 7) is 2.65. The zero-order valence-corrected chi connectivity index (χ0v) is 11.9. The first-order chi connectivity index (χ1) is 9.13. The fraction of sp³-hybridized carbons (Fsp3) is 0.533. The summed E-state index contributed by atoms with van der Waals surface area (Å²) in [6, 6.07) is 4.85. The number of rotatable bonds is 4. The van der Waals surface area contributed by atoms with Gasteiger partial charge in [0, 0.05) is 23.2 Å². The number of benzene rings is 1. The Morgan fingerprint density at radius 1 is 1.42 bits per heavy atom. The molecule has 0 aliphatic heterocycles. The van der Waals surface area contributed by atoms with Gasteiger partial charge >= 0.3 is 0 Å². The Bertz CT molecular complexity index is 437. The number of carbonyl (C=O) groups excluding carboxylic acids is 1. The normalized spacial score (nSPS) is 15.7. The van der Waals surface area contributed by atoms with Crippen molar-refractivity contribution in [2.24, 2.45) is 0 Å². The zero-order valence-electron chi connectivity index (χ0n) is 11.2. The Labute approximate surface area is 118 Å². The number of nitrogens with zero attached hydrogens (tertiary/aromatic N) is 1. The summed E-state index contributed by atoms with van der Waals surface area (Å²) >= 11 is 5.97. The largest absolute Gasteiger partial charge is 0.340 e. The first-order valence-corrected chi connectivity index (χ1v) is 7.23. The molecule has 0 spiro atoms. The van der Waals surface area contributed by atoms with Gasteiger partial charge in [-0.25, -0.2) is 4.39 Å². The van der Waals surface area contributed by atoms with Crippen molar-refractivity contribution in [1.29, 1.82) is 0 Å². The van der Waals surface area contributed by atoms with E-state index in [4.69, 9.17) is 11.6 Å². The Hall–Kier alpha value is -1.09. The van der Waals surface area contributed by atoms with E-state index in [2.05, 4.69) is 0 Å². The van der Waals surface area contributed by atoms with Gasteiger partial charge in [0.25, 0.3) is 0 Å². The Morgan fingerprint density at radius 3 is 2.68 bits per heavy atom. The highest BCUT2D eigenvalue weighted by molar-refractivity contribution is 6.31. The fourth-order valence-corrected chi connectivity index (χ4v) is 3.04. The molecule has 2 rings (SSSR count). The third kappa shape index (κ3) is 3.27. The predicted octanol–water partition coefficient (Wildman–Crippen LogP) is 3.81. The number of likely N-dealkylation sites (N-methyl/N-ethyl adjacent to an activating group) is 1. The first kappa shape index (κ1) is 14.3. The predicted molar refractivity (Wildman–Crippen MR) is 74.8 cm³/mol. The van der Waals surface area contributed by atoms with E-state index in [0.717, 1.165) is 12.8 Å². The van der Waals surface area contributed by atoms with Crippen molar-refractivity contribution in [1.82, 2.24) is 4.90 Å². The monoisotopic (exact) mass is 283 g/mol. The van der Waals surface area contributed by atoms with Crippen LogP contribution in [0.5, 0.6) is 0 Å². The summed E-state index contributed by atoms with van der Waals surface area (Å²) < 4.78 is 13.7. The molecule has 1 aliphatic carbocycles. The zero-order chi connectivity index (χ0) is 13.8. The number of carbonyl (C=O) groups is 1. The first-order valence-electron chi connectivity index (χ1n) is 6.85. The van der Waals surface area contributed by atoms with Crippen LogP contribution in [0.2, 0.25) is 5.02 Å². The van der Waals surface area contributed by atoms with Gasteiger partial charge in [-0.1, -0.05) is 30.5 Å². The molecule has 0 heterocycles. The van der Waals surface area contributed by atoms with Crippen molar-refractivity contribution in [3.63, 3.8) is 0 Å². The van der Waals surface area contributed by atoms with E-state index in [1.807, 2.05) is 11.8 Å². The molecule has 0 N–H and O–H groups in total. The molecule has 4 heteroatoms. The van der Waals surface area contributed by atoms with Crippen LogP contribution in [-0.2, 0) is 11.2 Å². The van der Waals surface area contributed by atoms with Gasteiger partial charge in [-0.15, -0.1) is 0 Å². The third-order valence-electron chi connectivity index (χ3n) is 3.82. The van der Waals surface area contributed by atoms with E-state index >= 15 is 0 Å². The quantitative estimate of drug-likeness (QED) is 0.823. The molecule has 0 aromatic heterocycles. The number of hydrogen-bond donors (Lipinski definition) is 0. The second-order valence-corrected chi connectivity index (χ2v) is 5.40. The van der Waals surface area contributed by atoms with Crippen LogP contribution in [-0.4, -0.2) is 23.4 Å². The molecule has 1 aromatic carbocycles. The Morgan fingerprint density at radius 2 is 2.11 bits per heavy atom. The molecule has 0 radical (unpaired) electrons. The van der Waals surface area contributed by atoms with Gasteiger partial charge < -0.3 is 4.90 Å². The van der Waals surface area contributed by atoms with Gasteiger partial charge in [0.2, 0.25) is 5.91 Å². The van der Waals surface area contributed by atoms with Gasteiger partial charge in [0.05, 0.1) is 6.42 Å². The maximum absolute atomic E-state index is 13.7. The molecule has 0 saturated heterocycles. The molecule has 1 fully saturated rings. The van der Waals surface area contributed by atoms with Crippen LogP contribution in [0.15, 0.2) is 18.2 Å². The average molecular weight is 284 g/mol. The molecule has 2 nitrogen and oxygen atoms in total. The van der Waals surface area contributed by atoms with Crippen LogP contribution in [0.1, 0.15) is 38.2 Å². The van der Waals surface area contributed by atoms with Crippen molar-refractivity contribution in [3.8, 4) is 0 Å². The summed E-state index contributed by atoms with van der Waals surface area (Å²) in [7, 11) is 0. The van der Waals surface area contributed by atoms with Gasteiger partial charge in [-0.3, -0.25) is 4.79 Å². The lowest BCUT2D eigenvalue weighted by molar-refractivity contribution is -0.132. The van der Waals surface area contributed by atoms with Crippen LogP contribution in [0, 0.1) is 5.82 Å². The number of amides is 1. The lowest BCUT2D eigenvalue weighted by atomic mass is 10.1. The second-order valence-electron chi connectivity index (χ2n) is 5.00. The molecule has 1 amide bonds. The molecule has 0 bridgehead atoms. The SMILES string of the molecule is CCN(C(=O)Cc1c(F)cccc1Cl)C1CCCC1. The van der Waals surface area contributed by atoms with E-state index in [-0.39, 0.29) is 12.3 Å². The summed E-state index contributed by atoms with van der Waals surface area (Å²) in [6.07, 6.45) is 4.52. The van der Waals surface area contributed by atoms with Gasteiger partial charge in [-0.05, 0) is 31.9 Å². The molecular weight excluding hydrogens is 265 g/mol. The van der Waals surface area contributed by atoms with Crippen molar-refractivity contribution in [3.05, 3.63) is 34.6 Å². The standard InChI is InChI=1S/C15H19ClFNO/c1-2-18(11-6-3-4-7-11)15(19)10-12-13(16)8-5-9-14(12)17/h5,8-9,11H,2-4,6-7,10H2,1H3. The molecule has 0 atom stereocenters. The summed E-state index contributed by atoms with van der Waals surface area (Å²) in [4.78, 5) is 14.2. The van der Waals surface area contributed by atoms with Crippen LogP contribution in [0.4, 0.5) is 4.39 Å². The Balaban J connectivity index is 2.10. The minimum absolute atomic E-state index is 0.0265. The highest BCUT2D eigenvalue weighted by Gasteiger charge is 2.26. The van der Waals surface area contributed by atoms with E-state index in [9.17, 15) is 9.18 Å². The van der Waals surface area contributed by atoms with Crippen LogP contribution in [0.3, 0.4) is 0 Å². The van der Waals surface area contributed by atoms with E-state index in [0.29, 0.717) is 23.2 Å². The van der Waals surface area contributed by atoms with Crippen molar-refractivity contribution < 1.29 is 9.18 Å². The van der Waals surface area contributed by atoms with E-state index in [1.165, 1.54) is 18.9 Å². The molecule has 1 aromatic rings. The summed E-state index contributed by atoms with van der Waals surface area (Å²) in [5, 5.41) is 0.329. The third-order valence-corrected chi connectivity index (χ3v) is 4.17. The summed E-state index contributed by atoms with van der Waals surface area (Å²) in [5.74, 6) is -0.426. The highest BCUT2D eigenvalue weighted by Crippen LogP contribution is 2.25. The minimum atomic E-state index is -0.400. The number of halogens is 2. The maximum atomic E-state index is 13.7. The van der Waals surface area contributed by atoms with Crippen LogP contribution >= 0.6 is 11.6 Å². The molecule has 104 valence electrons. The Kier molecular flexibility index (Phi) is 4.81. The topological polar surface area (TPSA) is 20.3 Å². The maximum Gasteiger partial charge on any atom is 0.227 e. The van der Waals surface area contributed by atoms with Gasteiger partial charge in [0.1, 0.15) is 5.82 Å². The van der Waals surface area contributed by atoms with Crippen molar-refractivity contribution in [2.75, 3.05) is 6.54 Å². The fourth-order valence-electron chi connectivity index (χ4n) is 2.81. The minimum Gasteiger partial charge on any atom is -0.340 e. The van der Waals surface area contributed by atoms with Crippen LogP contribution < -0.4 is 0 Å². The van der Waals surface area contributed by atoms with E-state index < -0.39 is 5.82 Å². The smallest absolute Gasteiger partial charge is 0.227 e. The molecule has 1 aliphatic rings. The molecule has 1 saturated carbocycles. The summed E-state index contributed by atoms with van der Waals surface area (Å²) in [5.41, 5.74) is 0.311. The highest BCUT2D eigenvalue weighted by atomic mass is 35.5. The van der Waals surface area contributed by atoms with Gasteiger partial charge in [0.15, 0.2) is 0 Å². The second kappa shape index (κ2) is 6.38. The average Bonchev–Trinajstić information content (AvgIpc) is 2.89. The van der Waals surface area contributed by atoms with Crippen molar-refractivity contribution >= 4 is 17.5 Å². The van der Waals surface area contributed by atoms with Crippen molar-refractivity contribution in [2.45, 2.75) is 45.1 Å². The van der Waals surface area contributed by atoms with Crippen LogP contribution in [0.25, 0.3) is 0 Å². The molecule has 0 unspecified atom stereocenters. The lowest BCUT2D eigenvalue weighted by Gasteiger charge is -2.28. The van der Waals surface area contributed by atoms with E-state index in [1.54, 1.807) is 12.1 Å². The molecular formula is C15H19ClFNO. The number of hydrogen-bond acceptors (Lipinski definition) is 1.